The lowest BCUT2D eigenvalue weighted by atomic mass is 9.96. The van der Waals surface area contributed by atoms with Gasteiger partial charge in [0.1, 0.15) is 0 Å². The van der Waals surface area contributed by atoms with Crippen LogP contribution >= 0.6 is 68.5 Å². The monoisotopic (exact) mass is 652 g/mol. The van der Waals surface area contributed by atoms with Gasteiger partial charge in [0.25, 0.3) is 0 Å². The quantitative estimate of drug-likeness (QED) is 0.162. The molecule has 6 rings (SSSR count). The summed E-state index contributed by atoms with van der Waals surface area (Å²) < 4.78 is 3.61. The average Bonchev–Trinajstić information content (AvgIpc) is 3.58. The van der Waals surface area contributed by atoms with Crippen molar-refractivity contribution in [3.05, 3.63) is 55.2 Å². The van der Waals surface area contributed by atoms with Crippen LogP contribution in [0.3, 0.4) is 0 Å². The maximum absolute atomic E-state index is 12.5. The summed E-state index contributed by atoms with van der Waals surface area (Å²) in [6.07, 6.45) is 0. The molecule has 196 valence electrons. The van der Waals surface area contributed by atoms with E-state index in [1.807, 2.05) is 12.1 Å². The summed E-state index contributed by atoms with van der Waals surface area (Å²) in [7, 11) is -2.97. The Morgan fingerprint density at radius 1 is 0.474 bits per heavy atom. The summed E-state index contributed by atoms with van der Waals surface area (Å²) in [6.45, 7) is 13.7. The molecule has 0 aromatic carbocycles. The molecule has 4 heterocycles. The third-order valence-electron chi connectivity index (χ3n) is 6.15. The van der Waals surface area contributed by atoms with Gasteiger partial charge < -0.3 is 0 Å². The van der Waals surface area contributed by atoms with Crippen molar-refractivity contribution < 1.29 is 19.2 Å². The van der Waals surface area contributed by atoms with Gasteiger partial charge in [0.2, 0.25) is 23.1 Å². The number of halogens is 2. The van der Waals surface area contributed by atoms with Gasteiger partial charge in [0, 0.05) is 22.3 Å². The first-order valence-electron chi connectivity index (χ1n) is 11.6. The molecular formula is C26H22Cl2O4S4Si2. The Balaban J connectivity index is 0.000000162. The van der Waals surface area contributed by atoms with Gasteiger partial charge in [-0.25, -0.2) is 0 Å². The van der Waals surface area contributed by atoms with Crippen LogP contribution < -0.4 is 9.00 Å². The van der Waals surface area contributed by atoms with E-state index < -0.39 is 27.7 Å². The summed E-state index contributed by atoms with van der Waals surface area (Å²) in [5.41, 5.74) is 2.07. The highest BCUT2D eigenvalue weighted by Crippen LogP contribution is 2.46. The number of rotatable bonds is 2. The zero-order valence-electron chi connectivity index (χ0n) is 21.3. The van der Waals surface area contributed by atoms with Gasteiger partial charge in [0.15, 0.2) is 0 Å². The predicted molar refractivity (Wildman–Crippen MR) is 169 cm³/mol. The summed E-state index contributed by atoms with van der Waals surface area (Å²) in [6, 6.07) is 7.06. The molecule has 0 saturated heterocycles. The van der Waals surface area contributed by atoms with E-state index >= 15 is 0 Å². The second-order valence-electron chi connectivity index (χ2n) is 11.1. The van der Waals surface area contributed by atoms with Gasteiger partial charge >= 0.3 is 0 Å². The summed E-state index contributed by atoms with van der Waals surface area (Å²) in [5.74, 6) is -1.63. The molecule has 0 saturated carbocycles. The Morgan fingerprint density at radius 2 is 0.737 bits per heavy atom. The van der Waals surface area contributed by atoms with Crippen molar-refractivity contribution in [2.75, 3.05) is 0 Å². The molecule has 38 heavy (non-hydrogen) atoms. The molecule has 0 bridgehead atoms. The number of ketones is 4. The van der Waals surface area contributed by atoms with E-state index in [2.05, 4.69) is 39.3 Å². The standard InChI is InChI=1S/C16H20O2S2Si2.C10H2Cl2O2S2/c1-21(2,3)11-7-9-13(17)14(18)10-8-12(22(4,5)6)20-16(10)15(9)19-11;11-5-1-3-7(13)8(14)4-2-6(12)16-10(4)9(3)15-5/h7-8H,1-6H3;1-2H. The minimum absolute atomic E-state index is 0.317. The molecule has 0 radical (unpaired) electrons. The van der Waals surface area contributed by atoms with Crippen molar-refractivity contribution in [1.29, 1.82) is 0 Å². The molecule has 0 unspecified atom stereocenters. The Kier molecular flexibility index (Phi) is 7.05. The molecule has 0 fully saturated rings. The molecule has 0 spiro atoms. The molecule has 0 N–H and O–H groups in total. The highest BCUT2D eigenvalue weighted by molar-refractivity contribution is 7.34. The van der Waals surface area contributed by atoms with E-state index in [9.17, 15) is 19.2 Å². The number of carbonyl (C=O) groups excluding carboxylic acids is 4. The van der Waals surface area contributed by atoms with Gasteiger partial charge in [-0.1, -0.05) is 62.5 Å². The Labute approximate surface area is 248 Å². The Bertz CT molecular complexity index is 1570. The first-order chi connectivity index (χ1) is 17.6. The predicted octanol–water partition coefficient (Wildman–Crippen LogP) is 8.11. The number of fused-ring (bicyclic) bond motifs is 6. The van der Waals surface area contributed by atoms with Crippen LogP contribution in [0.5, 0.6) is 0 Å². The van der Waals surface area contributed by atoms with Crippen LogP contribution in [0.2, 0.25) is 48.0 Å². The van der Waals surface area contributed by atoms with Crippen LogP contribution in [0.1, 0.15) is 41.4 Å². The molecular weight excluding hydrogens is 632 g/mol. The minimum atomic E-state index is -1.48. The number of carbonyl (C=O) groups is 4. The average molecular weight is 654 g/mol. The minimum Gasteiger partial charge on any atom is -0.285 e. The zero-order chi connectivity index (χ0) is 27.9. The molecule has 2 aliphatic rings. The highest BCUT2D eigenvalue weighted by atomic mass is 35.5. The molecule has 12 heteroatoms. The first kappa shape index (κ1) is 28.0. The molecule has 0 aliphatic heterocycles. The van der Waals surface area contributed by atoms with Crippen LogP contribution in [0.4, 0.5) is 0 Å². The molecule has 4 nitrogen and oxygen atoms in total. The van der Waals surface area contributed by atoms with Crippen LogP contribution in [-0.2, 0) is 0 Å². The van der Waals surface area contributed by atoms with Crippen molar-refractivity contribution in [3.63, 3.8) is 0 Å². The van der Waals surface area contributed by atoms with Gasteiger partial charge in [-0.2, -0.15) is 0 Å². The van der Waals surface area contributed by atoms with E-state index in [0.717, 1.165) is 19.5 Å². The summed E-state index contributed by atoms with van der Waals surface area (Å²) >= 11 is 17.8. The third-order valence-corrected chi connectivity index (χ3v) is 18.4. The van der Waals surface area contributed by atoms with Crippen molar-refractivity contribution in [3.8, 4) is 19.5 Å². The molecule has 0 atom stereocenters. The van der Waals surface area contributed by atoms with E-state index in [1.165, 1.54) is 31.7 Å². The Hall–Kier alpha value is -1.51. The number of Topliss-reactive ketones (excluding diaryl/α,β-unsaturated/α-hetero) is 4. The highest BCUT2D eigenvalue weighted by Gasteiger charge is 2.37. The second-order valence-corrected chi connectivity index (χ2v) is 27.4. The van der Waals surface area contributed by atoms with Crippen LogP contribution in [0.15, 0.2) is 24.3 Å². The largest absolute Gasteiger partial charge is 0.285 e. The molecule has 0 amide bonds. The number of thiophene rings is 4. The summed E-state index contributed by atoms with van der Waals surface area (Å²) in [5, 5.41) is 0. The topological polar surface area (TPSA) is 68.3 Å². The van der Waals surface area contributed by atoms with E-state index in [0.29, 0.717) is 30.9 Å². The maximum Gasteiger partial charge on any atom is 0.235 e. The van der Waals surface area contributed by atoms with E-state index in [1.54, 1.807) is 34.8 Å². The smallest absolute Gasteiger partial charge is 0.235 e. The fourth-order valence-electron chi connectivity index (χ4n) is 4.08. The van der Waals surface area contributed by atoms with Crippen molar-refractivity contribution in [1.82, 2.24) is 0 Å². The normalized spacial score (nSPS) is 14.5. The van der Waals surface area contributed by atoms with Crippen molar-refractivity contribution >= 4 is 117 Å². The van der Waals surface area contributed by atoms with Crippen molar-refractivity contribution in [2.24, 2.45) is 0 Å². The lowest BCUT2D eigenvalue weighted by Gasteiger charge is -2.12. The van der Waals surface area contributed by atoms with Crippen LogP contribution in [0.25, 0.3) is 19.5 Å². The van der Waals surface area contributed by atoms with Crippen LogP contribution in [-0.4, -0.2) is 39.3 Å². The molecule has 4 aromatic rings. The van der Waals surface area contributed by atoms with Crippen LogP contribution in [0, 0.1) is 0 Å². The maximum atomic E-state index is 12.5. The summed E-state index contributed by atoms with van der Waals surface area (Å²) in [4.78, 5) is 52.0. The zero-order valence-corrected chi connectivity index (χ0v) is 28.1. The van der Waals surface area contributed by atoms with Gasteiger partial charge in [-0.15, -0.1) is 45.3 Å². The second kappa shape index (κ2) is 9.55. The molecule has 4 aromatic heterocycles. The van der Waals surface area contributed by atoms with Gasteiger partial charge in [0.05, 0.1) is 44.3 Å². The number of hydrogen-bond donors (Lipinski definition) is 0. The Morgan fingerprint density at radius 3 is 1.03 bits per heavy atom. The number of hydrogen-bond acceptors (Lipinski definition) is 8. The third kappa shape index (κ3) is 4.73. The SMILES string of the molecule is C[Si](C)(C)c1cc2c(s1)-c1sc([Si](C)(C)C)cc1C(=O)C2=O.O=C1C(=O)c2cc(Cl)sc2-c2sc(Cl)cc21. The van der Waals surface area contributed by atoms with Crippen molar-refractivity contribution in [2.45, 2.75) is 39.3 Å². The first-order valence-corrected chi connectivity index (χ1v) is 22.7. The lowest BCUT2D eigenvalue weighted by Crippen LogP contribution is -2.35. The van der Waals surface area contributed by atoms with Gasteiger partial charge in [-0.3, -0.25) is 19.2 Å². The molecule has 2 aliphatic carbocycles. The van der Waals surface area contributed by atoms with E-state index in [-0.39, 0.29) is 11.6 Å². The lowest BCUT2D eigenvalue weighted by molar-refractivity contribution is 0.0816. The van der Waals surface area contributed by atoms with Gasteiger partial charge in [-0.05, 0) is 33.3 Å². The fraction of sp³-hybridized carbons (Fsp3) is 0.231. The van der Waals surface area contributed by atoms with E-state index in [4.69, 9.17) is 23.2 Å². The fourth-order valence-corrected chi connectivity index (χ4v) is 12.9.